The van der Waals surface area contributed by atoms with Crippen molar-refractivity contribution in [1.29, 1.82) is 0 Å². The van der Waals surface area contributed by atoms with Gasteiger partial charge in [0.05, 0.1) is 6.61 Å². The number of carbonyl (C=O) groups is 1. The Morgan fingerprint density at radius 3 is 2.39 bits per heavy atom. The van der Waals surface area contributed by atoms with Crippen molar-refractivity contribution >= 4 is 5.97 Å². The molecular formula is C12H18O6. The summed E-state index contributed by atoms with van der Waals surface area (Å²) in [6.07, 6.45) is -1.92. The number of fused-ring (bicyclic) bond motifs is 3. The zero-order valence-corrected chi connectivity index (χ0v) is 11.0. The van der Waals surface area contributed by atoms with E-state index in [1.54, 1.807) is 13.8 Å². The van der Waals surface area contributed by atoms with E-state index in [0.29, 0.717) is 6.61 Å². The molecule has 0 spiro atoms. The molecule has 3 heterocycles. The quantitative estimate of drug-likeness (QED) is 0.592. The number of rotatable bonds is 0. The first-order valence-electron chi connectivity index (χ1n) is 6.15. The van der Waals surface area contributed by atoms with Crippen molar-refractivity contribution in [3.8, 4) is 0 Å². The molecule has 3 saturated heterocycles. The zero-order chi connectivity index (χ0) is 13.1. The molecule has 6 heteroatoms. The molecule has 102 valence electrons. The van der Waals surface area contributed by atoms with Gasteiger partial charge in [-0.25, -0.2) is 4.79 Å². The minimum atomic E-state index is -0.797. The van der Waals surface area contributed by atoms with E-state index < -0.39 is 35.9 Å². The van der Waals surface area contributed by atoms with Crippen LogP contribution in [0.1, 0.15) is 27.7 Å². The molecule has 3 aliphatic rings. The van der Waals surface area contributed by atoms with Crippen molar-refractivity contribution in [3.63, 3.8) is 0 Å². The monoisotopic (exact) mass is 258 g/mol. The molecular weight excluding hydrogens is 240 g/mol. The number of ether oxygens (including phenoxy) is 5. The summed E-state index contributed by atoms with van der Waals surface area (Å²) >= 11 is 0. The second-order valence-corrected chi connectivity index (χ2v) is 5.79. The summed E-state index contributed by atoms with van der Waals surface area (Å²) in [5, 5.41) is 0. The number of esters is 1. The van der Waals surface area contributed by atoms with Gasteiger partial charge in [0.1, 0.15) is 12.2 Å². The smallest absolute Gasteiger partial charge is 0.338 e. The lowest BCUT2D eigenvalue weighted by Gasteiger charge is -2.45. The standard InChI is InChI=1S/C12H18O6/c1-11(2)14-5-6-7(16-11)8-9(10(13)15-6)18-12(3,4)17-8/h6-9H,5H2,1-4H3/t6-,7?,8+,9+/m1/s1. The Kier molecular flexibility index (Phi) is 2.51. The van der Waals surface area contributed by atoms with Crippen molar-refractivity contribution < 1.29 is 28.5 Å². The lowest BCUT2D eigenvalue weighted by atomic mass is 9.98. The summed E-state index contributed by atoms with van der Waals surface area (Å²) in [6, 6.07) is 0. The van der Waals surface area contributed by atoms with E-state index in [9.17, 15) is 4.79 Å². The Bertz CT molecular complexity index is 377. The van der Waals surface area contributed by atoms with Crippen LogP contribution in [0.4, 0.5) is 0 Å². The van der Waals surface area contributed by atoms with E-state index in [1.807, 2.05) is 13.8 Å². The van der Waals surface area contributed by atoms with Crippen LogP contribution in [0.5, 0.6) is 0 Å². The van der Waals surface area contributed by atoms with E-state index in [2.05, 4.69) is 0 Å². The first-order valence-corrected chi connectivity index (χ1v) is 6.15. The fourth-order valence-corrected chi connectivity index (χ4v) is 2.62. The third-order valence-corrected chi connectivity index (χ3v) is 3.33. The predicted molar refractivity (Wildman–Crippen MR) is 58.6 cm³/mol. The Morgan fingerprint density at radius 1 is 1.00 bits per heavy atom. The second-order valence-electron chi connectivity index (χ2n) is 5.79. The minimum Gasteiger partial charge on any atom is -0.455 e. The fourth-order valence-electron chi connectivity index (χ4n) is 2.62. The summed E-state index contributed by atoms with van der Waals surface area (Å²) in [4.78, 5) is 11.8. The van der Waals surface area contributed by atoms with Crippen molar-refractivity contribution in [3.05, 3.63) is 0 Å². The molecule has 0 radical (unpaired) electrons. The predicted octanol–water partition coefficient (Wildman–Crippen LogP) is 0.583. The van der Waals surface area contributed by atoms with Gasteiger partial charge in [0.25, 0.3) is 0 Å². The maximum Gasteiger partial charge on any atom is 0.338 e. The Balaban J connectivity index is 1.86. The Labute approximate surface area is 105 Å². The summed E-state index contributed by atoms with van der Waals surface area (Å²) in [7, 11) is 0. The van der Waals surface area contributed by atoms with Gasteiger partial charge >= 0.3 is 5.97 Å². The molecule has 0 aromatic carbocycles. The highest BCUT2D eigenvalue weighted by Crippen LogP contribution is 2.39. The van der Waals surface area contributed by atoms with Crippen LogP contribution in [0, 0.1) is 0 Å². The van der Waals surface area contributed by atoms with Crippen LogP contribution < -0.4 is 0 Å². The Morgan fingerprint density at radius 2 is 1.67 bits per heavy atom. The highest BCUT2D eigenvalue weighted by atomic mass is 16.8. The van der Waals surface area contributed by atoms with E-state index in [1.165, 1.54) is 0 Å². The first kappa shape index (κ1) is 12.3. The van der Waals surface area contributed by atoms with Crippen LogP contribution in [0.2, 0.25) is 0 Å². The van der Waals surface area contributed by atoms with Crippen LogP contribution in [0.15, 0.2) is 0 Å². The van der Waals surface area contributed by atoms with Crippen LogP contribution in [-0.4, -0.2) is 48.6 Å². The highest BCUT2D eigenvalue weighted by molar-refractivity contribution is 5.77. The van der Waals surface area contributed by atoms with Gasteiger partial charge in [0.2, 0.25) is 0 Å². The lowest BCUT2D eigenvalue weighted by molar-refractivity contribution is -0.331. The zero-order valence-electron chi connectivity index (χ0n) is 11.0. The normalized spacial score (nSPS) is 45.0. The highest BCUT2D eigenvalue weighted by Gasteiger charge is 2.58. The van der Waals surface area contributed by atoms with E-state index >= 15 is 0 Å². The van der Waals surface area contributed by atoms with Gasteiger partial charge in [-0.2, -0.15) is 0 Å². The number of carbonyl (C=O) groups excluding carboxylic acids is 1. The molecule has 0 N–H and O–H groups in total. The third-order valence-electron chi connectivity index (χ3n) is 3.33. The average Bonchev–Trinajstić information content (AvgIpc) is 2.56. The molecule has 1 unspecified atom stereocenters. The Hall–Kier alpha value is -0.690. The van der Waals surface area contributed by atoms with E-state index in [4.69, 9.17) is 23.7 Å². The summed E-state index contributed by atoms with van der Waals surface area (Å²) in [6.45, 7) is 7.53. The number of hydrogen-bond acceptors (Lipinski definition) is 6. The maximum absolute atomic E-state index is 11.8. The molecule has 3 fully saturated rings. The molecule has 0 aromatic heterocycles. The molecule has 0 aliphatic carbocycles. The topological polar surface area (TPSA) is 63.2 Å². The van der Waals surface area contributed by atoms with Gasteiger partial charge in [0, 0.05) is 0 Å². The van der Waals surface area contributed by atoms with Crippen molar-refractivity contribution in [1.82, 2.24) is 0 Å². The molecule has 4 atom stereocenters. The van der Waals surface area contributed by atoms with Gasteiger partial charge in [0.15, 0.2) is 23.8 Å². The first-order chi connectivity index (χ1) is 8.27. The minimum absolute atomic E-state index is 0.316. The van der Waals surface area contributed by atoms with Crippen LogP contribution in [-0.2, 0) is 28.5 Å². The molecule has 3 rings (SSSR count). The lowest BCUT2D eigenvalue weighted by Crippen LogP contribution is -2.62. The molecule has 6 nitrogen and oxygen atoms in total. The molecule has 0 aromatic rings. The van der Waals surface area contributed by atoms with E-state index in [-0.39, 0.29) is 6.10 Å². The number of hydrogen-bond donors (Lipinski definition) is 0. The largest absolute Gasteiger partial charge is 0.455 e. The maximum atomic E-state index is 11.8. The van der Waals surface area contributed by atoms with Crippen molar-refractivity contribution in [2.45, 2.75) is 63.7 Å². The fraction of sp³-hybridized carbons (Fsp3) is 0.917. The second kappa shape index (κ2) is 3.66. The van der Waals surface area contributed by atoms with Gasteiger partial charge in [-0.05, 0) is 27.7 Å². The van der Waals surface area contributed by atoms with Crippen molar-refractivity contribution in [2.75, 3.05) is 6.61 Å². The van der Waals surface area contributed by atoms with Crippen LogP contribution >= 0.6 is 0 Å². The van der Waals surface area contributed by atoms with Gasteiger partial charge in [-0.1, -0.05) is 0 Å². The van der Waals surface area contributed by atoms with Crippen LogP contribution in [0.25, 0.3) is 0 Å². The van der Waals surface area contributed by atoms with Crippen LogP contribution in [0.3, 0.4) is 0 Å². The summed E-state index contributed by atoms with van der Waals surface area (Å²) < 4.78 is 28.0. The average molecular weight is 258 g/mol. The molecule has 0 saturated carbocycles. The van der Waals surface area contributed by atoms with Gasteiger partial charge in [-0.3, -0.25) is 0 Å². The van der Waals surface area contributed by atoms with Gasteiger partial charge < -0.3 is 23.7 Å². The van der Waals surface area contributed by atoms with Crippen molar-refractivity contribution in [2.24, 2.45) is 0 Å². The summed E-state index contributed by atoms with van der Waals surface area (Å²) in [5.41, 5.74) is 0. The third kappa shape index (κ3) is 1.93. The SMILES string of the molecule is CC1(C)OC[C@H]2OC(=O)[C@H]3OC(C)(C)O[C@H]3C2O1. The summed E-state index contributed by atoms with van der Waals surface area (Å²) in [5.74, 6) is -1.90. The molecule has 3 aliphatic heterocycles. The molecule has 0 amide bonds. The molecule has 0 bridgehead atoms. The van der Waals surface area contributed by atoms with E-state index in [0.717, 1.165) is 0 Å². The van der Waals surface area contributed by atoms with Gasteiger partial charge in [-0.15, -0.1) is 0 Å². The molecule has 18 heavy (non-hydrogen) atoms.